The highest BCUT2D eigenvalue weighted by atomic mass is 16.8. The van der Waals surface area contributed by atoms with Crippen LogP contribution in [0.25, 0.3) is 0 Å². The third kappa shape index (κ3) is 2.75. The number of rotatable bonds is 4. The van der Waals surface area contributed by atoms with Gasteiger partial charge in [0.05, 0.1) is 6.61 Å². The average molecular weight is 276 g/mol. The summed E-state index contributed by atoms with van der Waals surface area (Å²) in [4.78, 5) is 11.8. The summed E-state index contributed by atoms with van der Waals surface area (Å²) in [6.45, 7) is 4.98. The van der Waals surface area contributed by atoms with Crippen LogP contribution in [0.5, 0.6) is 0 Å². The first-order valence-electron chi connectivity index (χ1n) is 6.36. The van der Waals surface area contributed by atoms with Crippen molar-refractivity contribution in [1.82, 2.24) is 0 Å². The van der Waals surface area contributed by atoms with E-state index in [-0.39, 0.29) is 0 Å². The predicted octanol–water partition coefficient (Wildman–Crippen LogP) is -0.810. The molecule has 2 N–H and O–H groups in total. The molecule has 110 valence electrons. The van der Waals surface area contributed by atoms with E-state index in [1.54, 1.807) is 20.8 Å². The van der Waals surface area contributed by atoms with Gasteiger partial charge in [-0.05, 0) is 20.8 Å². The number of fused-ring (bicyclic) bond motifs is 1. The minimum atomic E-state index is -1.15. The maximum absolute atomic E-state index is 11.8. The van der Waals surface area contributed by atoms with Gasteiger partial charge in [0, 0.05) is 6.61 Å². The van der Waals surface area contributed by atoms with Crippen LogP contribution in [0.1, 0.15) is 20.8 Å². The largest absolute Gasteiger partial charge is 0.455 e. The van der Waals surface area contributed by atoms with Gasteiger partial charge in [0.15, 0.2) is 18.0 Å². The molecule has 0 bridgehead atoms. The molecule has 0 unspecified atom stereocenters. The van der Waals surface area contributed by atoms with Gasteiger partial charge in [-0.2, -0.15) is 0 Å². The molecule has 2 heterocycles. The summed E-state index contributed by atoms with van der Waals surface area (Å²) >= 11 is 0. The molecule has 0 aromatic carbocycles. The van der Waals surface area contributed by atoms with Crippen LogP contribution in [0.2, 0.25) is 0 Å². The molecule has 0 saturated carbocycles. The molecule has 2 rings (SSSR count). The molecule has 7 heteroatoms. The van der Waals surface area contributed by atoms with Crippen molar-refractivity contribution in [2.45, 2.75) is 57.1 Å². The smallest absolute Gasteiger partial charge is 0.338 e. The Bertz CT molecular complexity index is 343. The molecule has 0 aromatic heterocycles. The normalized spacial score (nSPS) is 38.7. The van der Waals surface area contributed by atoms with Crippen molar-refractivity contribution in [2.24, 2.45) is 0 Å². The van der Waals surface area contributed by atoms with Crippen molar-refractivity contribution in [2.75, 3.05) is 13.2 Å². The molecule has 2 aliphatic rings. The lowest BCUT2D eigenvalue weighted by Gasteiger charge is -2.43. The van der Waals surface area contributed by atoms with Crippen LogP contribution in [0, 0.1) is 0 Å². The van der Waals surface area contributed by atoms with E-state index < -0.39 is 48.9 Å². The Balaban J connectivity index is 2.23. The molecule has 0 amide bonds. The van der Waals surface area contributed by atoms with Crippen LogP contribution in [0.3, 0.4) is 0 Å². The summed E-state index contributed by atoms with van der Waals surface area (Å²) in [6.07, 6.45) is -4.25. The Morgan fingerprint density at radius 1 is 1.37 bits per heavy atom. The highest BCUT2D eigenvalue weighted by Crippen LogP contribution is 2.37. The molecule has 19 heavy (non-hydrogen) atoms. The lowest BCUT2D eigenvalue weighted by molar-refractivity contribution is -0.342. The van der Waals surface area contributed by atoms with E-state index in [2.05, 4.69) is 0 Å². The van der Waals surface area contributed by atoms with Crippen LogP contribution in [-0.4, -0.2) is 65.7 Å². The maximum Gasteiger partial charge on any atom is 0.338 e. The van der Waals surface area contributed by atoms with E-state index in [1.807, 2.05) is 0 Å². The molecule has 7 nitrogen and oxygen atoms in total. The number of hydrogen-bond acceptors (Lipinski definition) is 7. The van der Waals surface area contributed by atoms with Gasteiger partial charge < -0.3 is 29.2 Å². The molecular weight excluding hydrogens is 256 g/mol. The molecular formula is C12H20O7. The van der Waals surface area contributed by atoms with Crippen molar-refractivity contribution in [3.8, 4) is 0 Å². The van der Waals surface area contributed by atoms with Gasteiger partial charge in [0.2, 0.25) is 0 Å². The summed E-state index contributed by atoms with van der Waals surface area (Å²) in [5.41, 5.74) is 0. The summed E-state index contributed by atoms with van der Waals surface area (Å²) < 4.78 is 21.7. The number of carbonyl (C=O) groups is 1. The van der Waals surface area contributed by atoms with E-state index in [4.69, 9.17) is 24.1 Å². The summed E-state index contributed by atoms with van der Waals surface area (Å²) in [5, 5.41) is 18.9. The molecule has 0 aliphatic carbocycles. The molecule has 0 radical (unpaired) electrons. The van der Waals surface area contributed by atoms with E-state index in [1.165, 1.54) is 0 Å². The second-order valence-corrected chi connectivity index (χ2v) is 5.09. The summed E-state index contributed by atoms with van der Waals surface area (Å²) in [6, 6.07) is 0. The highest BCUT2D eigenvalue weighted by Gasteiger charge is 2.57. The van der Waals surface area contributed by atoms with Crippen molar-refractivity contribution >= 4 is 5.97 Å². The van der Waals surface area contributed by atoms with E-state index in [0.717, 1.165) is 0 Å². The van der Waals surface area contributed by atoms with Crippen molar-refractivity contribution in [1.29, 1.82) is 0 Å². The second kappa shape index (κ2) is 5.34. The number of esters is 1. The lowest BCUT2D eigenvalue weighted by atomic mass is 9.99. The summed E-state index contributed by atoms with van der Waals surface area (Å²) in [5.74, 6) is -1.53. The lowest BCUT2D eigenvalue weighted by Crippen LogP contribution is -2.59. The maximum atomic E-state index is 11.8. The molecule has 0 spiro atoms. The molecule has 2 aliphatic heterocycles. The van der Waals surface area contributed by atoms with Crippen LogP contribution in [-0.2, 0) is 23.7 Å². The van der Waals surface area contributed by atoms with Crippen molar-refractivity contribution < 1.29 is 34.0 Å². The number of hydrogen-bond donors (Lipinski definition) is 2. The fourth-order valence-corrected chi connectivity index (χ4v) is 2.45. The van der Waals surface area contributed by atoms with Gasteiger partial charge in [-0.25, -0.2) is 4.79 Å². The van der Waals surface area contributed by atoms with Gasteiger partial charge in [0.1, 0.15) is 18.3 Å². The molecule has 2 fully saturated rings. The second-order valence-electron chi connectivity index (χ2n) is 5.09. The first kappa shape index (κ1) is 14.7. The number of carbonyl (C=O) groups excluding carboxylic acids is 1. The Kier molecular flexibility index (Phi) is 4.12. The first-order chi connectivity index (χ1) is 8.89. The quantitative estimate of drug-likeness (QED) is 0.648. The van der Waals surface area contributed by atoms with E-state index >= 15 is 0 Å². The van der Waals surface area contributed by atoms with Gasteiger partial charge in [-0.1, -0.05) is 0 Å². The van der Waals surface area contributed by atoms with Gasteiger partial charge in [-0.3, -0.25) is 0 Å². The SMILES string of the molecule is CCO[C@H]1C(=O)O[C@@H]2[C@H]1OC(C)(C)O[C@@H]2[C@H](O)CO. The number of aliphatic hydroxyl groups excluding tert-OH is 2. The van der Waals surface area contributed by atoms with Crippen molar-refractivity contribution in [3.63, 3.8) is 0 Å². The third-order valence-electron chi connectivity index (χ3n) is 3.18. The van der Waals surface area contributed by atoms with Crippen LogP contribution in [0.15, 0.2) is 0 Å². The average Bonchev–Trinajstić information content (AvgIpc) is 2.64. The fourth-order valence-electron chi connectivity index (χ4n) is 2.45. The Morgan fingerprint density at radius 2 is 2.05 bits per heavy atom. The zero-order valence-electron chi connectivity index (χ0n) is 11.2. The van der Waals surface area contributed by atoms with E-state index in [0.29, 0.717) is 6.61 Å². The summed E-state index contributed by atoms with van der Waals surface area (Å²) in [7, 11) is 0. The van der Waals surface area contributed by atoms with Gasteiger partial charge in [0.25, 0.3) is 0 Å². The standard InChI is InChI=1S/C12H20O7/c1-4-16-10-9-8(17-11(10)15)7(6(14)5-13)18-12(2,3)19-9/h6-10,13-14H,4-5H2,1-3H3/t6-,7-,8+,9-,10-/m1/s1. The molecule has 5 atom stereocenters. The minimum Gasteiger partial charge on any atom is -0.455 e. The van der Waals surface area contributed by atoms with Gasteiger partial charge in [-0.15, -0.1) is 0 Å². The topological polar surface area (TPSA) is 94.5 Å². The van der Waals surface area contributed by atoms with Gasteiger partial charge >= 0.3 is 5.97 Å². The third-order valence-corrected chi connectivity index (χ3v) is 3.18. The van der Waals surface area contributed by atoms with E-state index in [9.17, 15) is 9.90 Å². The Labute approximate surface area is 111 Å². The predicted molar refractivity (Wildman–Crippen MR) is 62.2 cm³/mol. The van der Waals surface area contributed by atoms with Crippen LogP contribution < -0.4 is 0 Å². The monoisotopic (exact) mass is 276 g/mol. The molecule has 2 saturated heterocycles. The Morgan fingerprint density at radius 3 is 2.63 bits per heavy atom. The minimum absolute atomic E-state index is 0.348. The number of ether oxygens (including phenoxy) is 4. The molecule has 0 aromatic rings. The van der Waals surface area contributed by atoms with Crippen molar-refractivity contribution in [3.05, 3.63) is 0 Å². The Hall–Kier alpha value is -0.730. The zero-order valence-corrected chi connectivity index (χ0v) is 11.2. The van der Waals surface area contributed by atoms with Crippen LogP contribution in [0.4, 0.5) is 0 Å². The number of aliphatic hydroxyl groups is 2. The van der Waals surface area contributed by atoms with Crippen LogP contribution >= 0.6 is 0 Å². The highest BCUT2D eigenvalue weighted by molar-refractivity contribution is 5.78. The zero-order chi connectivity index (χ0) is 14.2. The fraction of sp³-hybridized carbons (Fsp3) is 0.917. The first-order valence-corrected chi connectivity index (χ1v) is 6.36.